The van der Waals surface area contributed by atoms with E-state index in [2.05, 4.69) is 20.4 Å². The van der Waals surface area contributed by atoms with Crippen LogP contribution < -0.4 is 10.1 Å². The molecule has 29 heavy (non-hydrogen) atoms. The summed E-state index contributed by atoms with van der Waals surface area (Å²) in [6.45, 7) is 0. The number of benzene rings is 1. The summed E-state index contributed by atoms with van der Waals surface area (Å²) in [4.78, 5) is 31.5. The SMILES string of the molecule is COc1ccc(C(=O)Nc2ccc3oc(C(/C=C\C=O)=N/N(C)C)nc3c2)nc1. The van der Waals surface area contributed by atoms with Gasteiger partial charge in [-0.05, 0) is 42.5 Å². The number of rotatable bonds is 7. The predicted octanol–water partition coefficient (Wildman–Crippen LogP) is 2.50. The van der Waals surface area contributed by atoms with Crippen molar-refractivity contribution in [2.45, 2.75) is 0 Å². The molecule has 0 saturated heterocycles. The fourth-order valence-corrected chi connectivity index (χ4v) is 2.44. The Morgan fingerprint density at radius 2 is 2.10 bits per heavy atom. The van der Waals surface area contributed by atoms with Gasteiger partial charge in [-0.25, -0.2) is 9.97 Å². The minimum absolute atomic E-state index is 0.256. The van der Waals surface area contributed by atoms with Crippen LogP contribution in [0.4, 0.5) is 5.69 Å². The number of allylic oxidation sites excluding steroid dienone is 2. The second-order valence-corrected chi connectivity index (χ2v) is 6.07. The van der Waals surface area contributed by atoms with E-state index in [9.17, 15) is 9.59 Å². The average Bonchev–Trinajstić information content (AvgIpc) is 3.14. The summed E-state index contributed by atoms with van der Waals surface area (Å²) < 4.78 is 10.8. The van der Waals surface area contributed by atoms with Crippen LogP contribution >= 0.6 is 0 Å². The first-order chi connectivity index (χ1) is 14.0. The largest absolute Gasteiger partial charge is 0.495 e. The number of methoxy groups -OCH3 is 1. The van der Waals surface area contributed by atoms with Gasteiger partial charge in [-0.15, -0.1) is 0 Å². The van der Waals surface area contributed by atoms with Crippen LogP contribution in [0.25, 0.3) is 11.1 Å². The van der Waals surface area contributed by atoms with Crippen molar-refractivity contribution in [1.82, 2.24) is 15.0 Å². The smallest absolute Gasteiger partial charge is 0.274 e. The standard InChI is InChI=1S/C20H19N5O4/c1-25(2)24-16(5-4-10-26)20-23-17-11-13(6-9-18(17)29-20)22-19(27)15-8-7-14(28-3)12-21-15/h4-12H,1-3H3,(H,22,27)/b5-4-,24-16+. The highest BCUT2D eigenvalue weighted by Crippen LogP contribution is 2.21. The van der Waals surface area contributed by atoms with Gasteiger partial charge in [0.05, 0.1) is 13.3 Å². The molecule has 0 saturated carbocycles. The van der Waals surface area contributed by atoms with Crippen LogP contribution in [0, 0.1) is 0 Å². The summed E-state index contributed by atoms with van der Waals surface area (Å²) in [5, 5.41) is 8.61. The lowest BCUT2D eigenvalue weighted by Crippen LogP contribution is -2.13. The molecule has 0 aliphatic carbocycles. The van der Waals surface area contributed by atoms with E-state index in [-0.39, 0.29) is 17.5 Å². The number of oxazole rings is 1. The molecule has 1 amide bonds. The summed E-state index contributed by atoms with van der Waals surface area (Å²) >= 11 is 0. The van der Waals surface area contributed by atoms with Crippen molar-refractivity contribution in [2.24, 2.45) is 5.10 Å². The number of carbonyl (C=O) groups is 2. The lowest BCUT2D eigenvalue weighted by molar-refractivity contribution is -0.104. The number of nitrogens with zero attached hydrogens (tertiary/aromatic N) is 4. The Kier molecular flexibility index (Phi) is 5.98. The Hall–Kier alpha value is -4.01. The Bertz CT molecular complexity index is 1080. The number of fused-ring (bicyclic) bond motifs is 1. The van der Waals surface area contributed by atoms with Crippen molar-refractivity contribution in [3.63, 3.8) is 0 Å². The van der Waals surface area contributed by atoms with E-state index in [1.54, 1.807) is 49.4 Å². The molecule has 9 heteroatoms. The molecule has 1 N–H and O–H groups in total. The molecule has 0 spiro atoms. The number of pyridine rings is 1. The molecule has 0 atom stereocenters. The first kappa shape index (κ1) is 19.7. The van der Waals surface area contributed by atoms with Gasteiger partial charge >= 0.3 is 0 Å². The lowest BCUT2D eigenvalue weighted by Gasteiger charge is -2.05. The first-order valence-electron chi connectivity index (χ1n) is 8.60. The van der Waals surface area contributed by atoms with Crippen LogP contribution in [0.3, 0.4) is 0 Å². The van der Waals surface area contributed by atoms with Crippen LogP contribution in [0.5, 0.6) is 5.75 Å². The van der Waals surface area contributed by atoms with Gasteiger partial charge in [0.15, 0.2) is 5.58 Å². The van der Waals surface area contributed by atoms with Crippen LogP contribution in [-0.2, 0) is 4.79 Å². The van der Waals surface area contributed by atoms with Gasteiger partial charge in [0, 0.05) is 19.8 Å². The maximum absolute atomic E-state index is 12.4. The summed E-state index contributed by atoms with van der Waals surface area (Å²) in [7, 11) is 5.03. The molecule has 0 bridgehead atoms. The monoisotopic (exact) mass is 393 g/mol. The van der Waals surface area contributed by atoms with Gasteiger partial charge in [-0.2, -0.15) is 5.10 Å². The van der Waals surface area contributed by atoms with E-state index in [1.165, 1.54) is 25.5 Å². The van der Waals surface area contributed by atoms with Gasteiger partial charge in [-0.1, -0.05) is 0 Å². The average molecular weight is 393 g/mol. The van der Waals surface area contributed by atoms with E-state index in [0.29, 0.717) is 34.5 Å². The zero-order valence-corrected chi connectivity index (χ0v) is 16.1. The van der Waals surface area contributed by atoms with Crippen molar-refractivity contribution in [3.8, 4) is 5.75 Å². The number of amides is 1. The van der Waals surface area contributed by atoms with Gasteiger partial charge in [0.25, 0.3) is 5.91 Å². The third kappa shape index (κ3) is 4.83. The summed E-state index contributed by atoms with van der Waals surface area (Å²) in [6, 6.07) is 8.31. The Morgan fingerprint density at radius 1 is 1.28 bits per heavy atom. The lowest BCUT2D eigenvalue weighted by atomic mass is 10.2. The maximum atomic E-state index is 12.4. The molecule has 0 unspecified atom stereocenters. The quantitative estimate of drug-likeness (QED) is 0.284. The highest BCUT2D eigenvalue weighted by Gasteiger charge is 2.13. The van der Waals surface area contributed by atoms with Crippen LogP contribution in [-0.4, -0.2) is 54.1 Å². The number of hydrogen-bond acceptors (Lipinski definition) is 8. The van der Waals surface area contributed by atoms with E-state index in [1.807, 2.05) is 0 Å². The normalized spacial score (nSPS) is 11.6. The van der Waals surface area contributed by atoms with Crippen LogP contribution in [0.2, 0.25) is 0 Å². The van der Waals surface area contributed by atoms with Crippen LogP contribution in [0.1, 0.15) is 16.4 Å². The minimum Gasteiger partial charge on any atom is -0.495 e. The molecule has 0 aliphatic rings. The summed E-state index contributed by atoms with van der Waals surface area (Å²) in [6.07, 6.45) is 4.94. The zero-order valence-electron chi connectivity index (χ0n) is 16.1. The number of hydrazone groups is 1. The molecule has 148 valence electrons. The minimum atomic E-state index is -0.362. The summed E-state index contributed by atoms with van der Waals surface area (Å²) in [5.41, 5.74) is 2.24. The molecule has 3 rings (SSSR count). The second-order valence-electron chi connectivity index (χ2n) is 6.07. The number of anilines is 1. The maximum Gasteiger partial charge on any atom is 0.274 e. The van der Waals surface area contributed by atoms with Crippen molar-refractivity contribution >= 4 is 34.7 Å². The molecular weight excluding hydrogens is 374 g/mol. The van der Waals surface area contributed by atoms with Gasteiger partial charge in [0.2, 0.25) is 5.89 Å². The fourth-order valence-electron chi connectivity index (χ4n) is 2.44. The van der Waals surface area contributed by atoms with E-state index in [0.717, 1.165) is 0 Å². The molecular formula is C20H19N5O4. The van der Waals surface area contributed by atoms with E-state index >= 15 is 0 Å². The molecule has 2 heterocycles. The molecule has 2 aromatic heterocycles. The number of carbonyl (C=O) groups excluding carboxylic acids is 2. The van der Waals surface area contributed by atoms with Crippen molar-refractivity contribution in [1.29, 1.82) is 0 Å². The molecule has 1 aromatic carbocycles. The zero-order chi connectivity index (χ0) is 20.8. The molecule has 0 fully saturated rings. The van der Waals surface area contributed by atoms with Crippen molar-refractivity contribution in [3.05, 3.63) is 60.3 Å². The van der Waals surface area contributed by atoms with Gasteiger partial charge in [0.1, 0.15) is 29.0 Å². The van der Waals surface area contributed by atoms with Crippen LogP contribution in [0.15, 0.2) is 58.2 Å². The van der Waals surface area contributed by atoms with Crippen molar-refractivity contribution < 1.29 is 18.7 Å². The Balaban J connectivity index is 1.85. The first-order valence-corrected chi connectivity index (χ1v) is 8.60. The number of hydrogen-bond donors (Lipinski definition) is 1. The number of aldehydes is 1. The highest BCUT2D eigenvalue weighted by molar-refractivity contribution is 6.08. The summed E-state index contributed by atoms with van der Waals surface area (Å²) in [5.74, 6) is 0.462. The number of aromatic nitrogens is 2. The second kappa shape index (κ2) is 8.79. The number of nitrogens with one attached hydrogen (secondary N) is 1. The molecule has 0 aliphatic heterocycles. The molecule has 0 radical (unpaired) electrons. The predicted molar refractivity (Wildman–Crippen MR) is 108 cm³/mol. The molecule has 9 nitrogen and oxygen atoms in total. The van der Waals surface area contributed by atoms with E-state index in [4.69, 9.17) is 9.15 Å². The Morgan fingerprint density at radius 3 is 2.76 bits per heavy atom. The third-order valence-electron chi connectivity index (χ3n) is 3.71. The highest BCUT2D eigenvalue weighted by atomic mass is 16.5. The molecule has 3 aromatic rings. The van der Waals surface area contributed by atoms with Gasteiger partial charge < -0.3 is 19.5 Å². The number of ether oxygens (including phenoxy) is 1. The third-order valence-corrected chi connectivity index (χ3v) is 3.71. The fraction of sp³-hybridized carbons (Fsp3) is 0.150. The Labute approximate surface area is 166 Å². The topological polar surface area (TPSA) is 110 Å². The van der Waals surface area contributed by atoms with Crippen molar-refractivity contribution in [2.75, 3.05) is 26.5 Å². The van der Waals surface area contributed by atoms with E-state index < -0.39 is 0 Å². The van der Waals surface area contributed by atoms with Gasteiger partial charge in [-0.3, -0.25) is 9.59 Å².